The van der Waals surface area contributed by atoms with E-state index in [1.54, 1.807) is 30.4 Å². The summed E-state index contributed by atoms with van der Waals surface area (Å²) in [5.41, 5.74) is 0. The highest BCUT2D eigenvalue weighted by atomic mass is 35.5. The lowest BCUT2D eigenvalue weighted by molar-refractivity contribution is 0.0639. The SMILES string of the molecule is COCCOCCCOc1nc(Cl)nc(-n2ccnc2)n1. The lowest BCUT2D eigenvalue weighted by Gasteiger charge is -2.07. The number of nitrogens with zero attached hydrogens (tertiary/aromatic N) is 5. The number of halogens is 1. The van der Waals surface area contributed by atoms with Crippen LogP contribution >= 0.6 is 11.6 Å². The molecule has 114 valence electrons. The smallest absolute Gasteiger partial charge is 0.322 e. The van der Waals surface area contributed by atoms with Crippen LogP contribution in [0.5, 0.6) is 6.01 Å². The predicted octanol–water partition coefficient (Wildman–Crippen LogP) is 1.14. The van der Waals surface area contributed by atoms with Crippen molar-refractivity contribution >= 4 is 11.6 Å². The van der Waals surface area contributed by atoms with Gasteiger partial charge in [-0.1, -0.05) is 0 Å². The van der Waals surface area contributed by atoms with Crippen molar-refractivity contribution in [2.24, 2.45) is 0 Å². The zero-order valence-electron chi connectivity index (χ0n) is 11.6. The molecule has 0 atom stereocenters. The lowest BCUT2D eigenvalue weighted by atomic mass is 10.5. The second-order valence-corrected chi connectivity index (χ2v) is 4.30. The molecule has 0 fully saturated rings. The van der Waals surface area contributed by atoms with Gasteiger partial charge in [0.15, 0.2) is 0 Å². The van der Waals surface area contributed by atoms with Crippen molar-refractivity contribution < 1.29 is 14.2 Å². The van der Waals surface area contributed by atoms with E-state index in [0.717, 1.165) is 0 Å². The topological polar surface area (TPSA) is 84.2 Å². The average Bonchev–Trinajstić information content (AvgIpc) is 3.00. The van der Waals surface area contributed by atoms with Crippen LogP contribution < -0.4 is 4.74 Å². The van der Waals surface area contributed by atoms with Crippen LogP contribution in [0.1, 0.15) is 6.42 Å². The molecule has 0 saturated heterocycles. The minimum atomic E-state index is 0.0695. The Labute approximate surface area is 127 Å². The van der Waals surface area contributed by atoms with Crippen molar-refractivity contribution in [1.82, 2.24) is 24.5 Å². The van der Waals surface area contributed by atoms with Crippen molar-refractivity contribution in [1.29, 1.82) is 0 Å². The van der Waals surface area contributed by atoms with Gasteiger partial charge in [0.25, 0.3) is 0 Å². The molecule has 0 aliphatic rings. The van der Waals surface area contributed by atoms with Crippen molar-refractivity contribution in [3.05, 3.63) is 24.0 Å². The van der Waals surface area contributed by atoms with Crippen molar-refractivity contribution in [3.8, 4) is 12.0 Å². The van der Waals surface area contributed by atoms with Crippen LogP contribution in [0.4, 0.5) is 0 Å². The standard InChI is InChI=1S/C12H16ClN5O3/c1-19-7-8-20-5-2-6-21-12-16-10(13)15-11(17-12)18-4-3-14-9-18/h3-4,9H,2,5-8H2,1H3. The molecule has 0 aromatic carbocycles. The minimum absolute atomic E-state index is 0.0695. The van der Waals surface area contributed by atoms with Crippen LogP contribution in [0.2, 0.25) is 5.28 Å². The van der Waals surface area contributed by atoms with Crippen LogP contribution in [0.3, 0.4) is 0 Å². The summed E-state index contributed by atoms with van der Waals surface area (Å²) in [6.45, 7) is 2.16. The van der Waals surface area contributed by atoms with Crippen molar-refractivity contribution in [3.63, 3.8) is 0 Å². The van der Waals surface area contributed by atoms with Gasteiger partial charge in [0.1, 0.15) is 6.33 Å². The molecule has 21 heavy (non-hydrogen) atoms. The summed E-state index contributed by atoms with van der Waals surface area (Å²) in [5, 5.41) is 0.0695. The van der Waals surface area contributed by atoms with E-state index in [0.29, 0.717) is 38.8 Å². The van der Waals surface area contributed by atoms with Gasteiger partial charge in [0.05, 0.1) is 19.8 Å². The maximum absolute atomic E-state index is 5.85. The fourth-order valence-electron chi connectivity index (χ4n) is 1.45. The fourth-order valence-corrected chi connectivity index (χ4v) is 1.60. The number of ether oxygens (including phenoxy) is 3. The molecule has 0 saturated carbocycles. The van der Waals surface area contributed by atoms with E-state index in [2.05, 4.69) is 19.9 Å². The van der Waals surface area contributed by atoms with Crippen LogP contribution in [0, 0.1) is 0 Å². The number of hydrogen-bond acceptors (Lipinski definition) is 7. The Kier molecular flexibility index (Phi) is 6.32. The Morgan fingerprint density at radius 3 is 2.81 bits per heavy atom. The first-order valence-corrected chi connectivity index (χ1v) is 6.77. The van der Waals surface area contributed by atoms with Crippen molar-refractivity contribution in [2.75, 3.05) is 33.5 Å². The summed E-state index contributed by atoms with van der Waals surface area (Å²) >= 11 is 5.85. The summed E-state index contributed by atoms with van der Waals surface area (Å²) in [7, 11) is 1.63. The third kappa shape index (κ3) is 5.25. The maximum atomic E-state index is 5.85. The van der Waals surface area contributed by atoms with Gasteiger partial charge in [0.2, 0.25) is 11.2 Å². The quantitative estimate of drug-likeness (QED) is 0.642. The van der Waals surface area contributed by atoms with Gasteiger partial charge in [-0.05, 0) is 11.6 Å². The van der Waals surface area contributed by atoms with Gasteiger partial charge in [-0.2, -0.15) is 15.0 Å². The first-order chi connectivity index (χ1) is 10.3. The molecule has 0 radical (unpaired) electrons. The number of aromatic nitrogens is 5. The Morgan fingerprint density at radius 2 is 2.05 bits per heavy atom. The van der Waals surface area contributed by atoms with E-state index >= 15 is 0 Å². The number of methoxy groups -OCH3 is 1. The molecule has 9 heteroatoms. The van der Waals surface area contributed by atoms with Gasteiger partial charge in [-0.15, -0.1) is 0 Å². The second kappa shape index (κ2) is 8.50. The highest BCUT2D eigenvalue weighted by Gasteiger charge is 2.07. The molecule has 0 amide bonds. The zero-order chi connectivity index (χ0) is 14.9. The normalized spacial score (nSPS) is 10.8. The Hall–Kier alpha value is -1.77. The monoisotopic (exact) mass is 313 g/mol. The Morgan fingerprint density at radius 1 is 1.14 bits per heavy atom. The highest BCUT2D eigenvalue weighted by molar-refractivity contribution is 6.28. The van der Waals surface area contributed by atoms with Crippen LogP contribution in [0.15, 0.2) is 18.7 Å². The van der Waals surface area contributed by atoms with Gasteiger partial charge in [-0.25, -0.2) is 4.98 Å². The number of imidazole rings is 1. The molecule has 0 spiro atoms. The molecule has 0 unspecified atom stereocenters. The lowest BCUT2D eigenvalue weighted by Crippen LogP contribution is -2.09. The van der Waals surface area contributed by atoms with Gasteiger partial charge >= 0.3 is 6.01 Å². The molecular formula is C12H16ClN5O3. The molecule has 0 aliphatic carbocycles. The molecule has 2 rings (SSSR count). The maximum Gasteiger partial charge on any atom is 0.322 e. The predicted molar refractivity (Wildman–Crippen MR) is 74.8 cm³/mol. The first-order valence-electron chi connectivity index (χ1n) is 6.39. The second-order valence-electron chi connectivity index (χ2n) is 3.96. The average molecular weight is 314 g/mol. The molecular weight excluding hydrogens is 298 g/mol. The molecule has 2 aromatic heterocycles. The summed E-state index contributed by atoms with van der Waals surface area (Å²) in [5.74, 6) is 0.360. The van der Waals surface area contributed by atoms with Gasteiger partial charge in [0, 0.05) is 32.5 Å². The molecule has 2 aromatic rings. The third-order valence-corrected chi connectivity index (χ3v) is 2.58. The molecule has 0 bridgehead atoms. The highest BCUT2D eigenvalue weighted by Crippen LogP contribution is 2.11. The Bertz CT molecular complexity index is 538. The van der Waals surface area contributed by atoms with E-state index in [1.165, 1.54) is 0 Å². The van der Waals surface area contributed by atoms with Crippen LogP contribution in [0.25, 0.3) is 5.95 Å². The molecule has 0 aliphatic heterocycles. The van der Waals surface area contributed by atoms with E-state index < -0.39 is 0 Å². The van der Waals surface area contributed by atoms with Crippen LogP contribution in [-0.2, 0) is 9.47 Å². The zero-order valence-corrected chi connectivity index (χ0v) is 12.4. The molecule has 8 nitrogen and oxygen atoms in total. The summed E-state index contributed by atoms with van der Waals surface area (Å²) in [6.07, 6.45) is 5.61. The number of hydrogen-bond donors (Lipinski definition) is 0. The third-order valence-electron chi connectivity index (χ3n) is 2.41. The van der Waals surface area contributed by atoms with E-state index in [9.17, 15) is 0 Å². The summed E-state index contributed by atoms with van der Waals surface area (Å²) < 4.78 is 17.3. The summed E-state index contributed by atoms with van der Waals surface area (Å²) in [6, 6.07) is 0.176. The first kappa shape index (κ1) is 15.6. The number of rotatable bonds is 9. The Balaban J connectivity index is 1.81. The minimum Gasteiger partial charge on any atom is -0.463 e. The van der Waals surface area contributed by atoms with E-state index in [-0.39, 0.29) is 11.3 Å². The summed E-state index contributed by atoms with van der Waals surface area (Å²) in [4.78, 5) is 16.0. The molecule has 0 N–H and O–H groups in total. The van der Waals surface area contributed by atoms with Gasteiger partial charge < -0.3 is 14.2 Å². The van der Waals surface area contributed by atoms with E-state index in [4.69, 9.17) is 25.8 Å². The molecule has 2 heterocycles. The fraction of sp³-hybridized carbons (Fsp3) is 0.500. The van der Waals surface area contributed by atoms with Gasteiger partial charge in [-0.3, -0.25) is 4.57 Å². The largest absolute Gasteiger partial charge is 0.463 e. The van der Waals surface area contributed by atoms with Crippen molar-refractivity contribution in [2.45, 2.75) is 6.42 Å². The van der Waals surface area contributed by atoms with Crippen LogP contribution in [-0.4, -0.2) is 58.0 Å². The van der Waals surface area contributed by atoms with E-state index in [1.807, 2.05) is 0 Å².